The van der Waals surface area contributed by atoms with Crippen LogP contribution >= 0.6 is 0 Å². The number of nitrogens with one attached hydrogen (secondary N) is 1. The molecule has 0 radical (unpaired) electrons. The van der Waals surface area contributed by atoms with Gasteiger partial charge in [0.15, 0.2) is 0 Å². The maximum absolute atomic E-state index is 11.8. The molecule has 7 heteroatoms. The lowest BCUT2D eigenvalue weighted by Gasteiger charge is -2.15. The second-order valence-corrected chi connectivity index (χ2v) is 5.87. The van der Waals surface area contributed by atoms with E-state index in [4.69, 9.17) is 5.73 Å². The molecule has 0 saturated carbocycles. The van der Waals surface area contributed by atoms with Gasteiger partial charge >= 0.3 is 0 Å². The summed E-state index contributed by atoms with van der Waals surface area (Å²) in [5.74, 6) is 0.151. The fourth-order valence-electron chi connectivity index (χ4n) is 1.30. The standard InChI is InChI=1S/C9H18N4O2S/c1-13(8-9-6-11-12-7-9)16(14,15)5-3-2-4-10/h6-7H,2-5,8,10H2,1H3,(H,11,12). The molecule has 0 fully saturated rings. The van der Waals surface area contributed by atoms with Crippen LogP contribution in [0.25, 0.3) is 0 Å². The maximum Gasteiger partial charge on any atom is 0.214 e. The van der Waals surface area contributed by atoms with Crippen molar-refractivity contribution in [3.8, 4) is 0 Å². The fraction of sp³-hybridized carbons (Fsp3) is 0.667. The summed E-state index contributed by atoms with van der Waals surface area (Å²) >= 11 is 0. The molecule has 0 amide bonds. The zero-order valence-electron chi connectivity index (χ0n) is 9.39. The summed E-state index contributed by atoms with van der Waals surface area (Å²) in [6.07, 6.45) is 4.64. The monoisotopic (exact) mass is 246 g/mol. The normalized spacial score (nSPS) is 12.2. The van der Waals surface area contributed by atoms with Gasteiger partial charge in [0.1, 0.15) is 0 Å². The Kier molecular flexibility index (Phi) is 4.91. The number of hydrogen-bond donors (Lipinski definition) is 2. The van der Waals surface area contributed by atoms with E-state index < -0.39 is 10.0 Å². The van der Waals surface area contributed by atoms with Crippen molar-refractivity contribution >= 4 is 10.0 Å². The minimum absolute atomic E-state index is 0.151. The van der Waals surface area contributed by atoms with E-state index in [2.05, 4.69) is 10.2 Å². The summed E-state index contributed by atoms with van der Waals surface area (Å²) in [7, 11) is -1.60. The van der Waals surface area contributed by atoms with E-state index in [0.29, 0.717) is 19.5 Å². The average molecular weight is 246 g/mol. The first-order valence-corrected chi connectivity index (χ1v) is 6.79. The van der Waals surface area contributed by atoms with E-state index >= 15 is 0 Å². The maximum atomic E-state index is 11.8. The van der Waals surface area contributed by atoms with Gasteiger partial charge in [-0.25, -0.2) is 12.7 Å². The Bertz CT molecular complexity index is 388. The highest BCUT2D eigenvalue weighted by Crippen LogP contribution is 2.07. The van der Waals surface area contributed by atoms with Crippen LogP contribution in [0.3, 0.4) is 0 Å². The molecule has 1 aromatic rings. The van der Waals surface area contributed by atoms with Gasteiger partial charge in [0.05, 0.1) is 11.9 Å². The van der Waals surface area contributed by atoms with Gasteiger partial charge in [-0.1, -0.05) is 0 Å². The molecule has 1 heterocycles. The van der Waals surface area contributed by atoms with Crippen molar-refractivity contribution in [2.45, 2.75) is 19.4 Å². The van der Waals surface area contributed by atoms with Gasteiger partial charge in [0, 0.05) is 25.4 Å². The molecule has 0 atom stereocenters. The van der Waals surface area contributed by atoms with Crippen molar-refractivity contribution in [1.82, 2.24) is 14.5 Å². The Morgan fingerprint density at radius 1 is 1.50 bits per heavy atom. The van der Waals surface area contributed by atoms with Crippen molar-refractivity contribution in [3.63, 3.8) is 0 Å². The third kappa shape index (κ3) is 3.92. The molecule has 0 saturated heterocycles. The number of hydrogen-bond acceptors (Lipinski definition) is 4. The van der Waals surface area contributed by atoms with Gasteiger partial charge in [0.2, 0.25) is 10.0 Å². The lowest BCUT2D eigenvalue weighted by atomic mass is 10.3. The molecule has 0 aliphatic heterocycles. The number of nitrogens with zero attached hydrogens (tertiary/aromatic N) is 2. The highest BCUT2D eigenvalue weighted by atomic mass is 32.2. The molecule has 0 bridgehead atoms. The van der Waals surface area contributed by atoms with Gasteiger partial charge in [-0.2, -0.15) is 5.10 Å². The first-order valence-electron chi connectivity index (χ1n) is 5.18. The predicted molar refractivity (Wildman–Crippen MR) is 62.1 cm³/mol. The largest absolute Gasteiger partial charge is 0.330 e. The summed E-state index contributed by atoms with van der Waals surface area (Å²) in [6, 6.07) is 0. The zero-order valence-corrected chi connectivity index (χ0v) is 10.2. The van der Waals surface area contributed by atoms with Crippen molar-refractivity contribution in [3.05, 3.63) is 18.0 Å². The third-order valence-electron chi connectivity index (χ3n) is 2.29. The lowest BCUT2D eigenvalue weighted by Crippen LogP contribution is -2.28. The van der Waals surface area contributed by atoms with E-state index in [9.17, 15) is 8.42 Å². The molecule has 16 heavy (non-hydrogen) atoms. The first-order chi connectivity index (χ1) is 7.56. The summed E-state index contributed by atoms with van der Waals surface area (Å²) < 4.78 is 24.9. The Hall–Kier alpha value is -0.920. The highest BCUT2D eigenvalue weighted by Gasteiger charge is 2.17. The molecule has 1 rings (SSSR count). The smallest absolute Gasteiger partial charge is 0.214 e. The van der Waals surface area contributed by atoms with Gasteiger partial charge < -0.3 is 5.73 Å². The minimum atomic E-state index is -3.17. The highest BCUT2D eigenvalue weighted by molar-refractivity contribution is 7.89. The number of H-pyrrole nitrogens is 1. The van der Waals surface area contributed by atoms with E-state index in [1.165, 1.54) is 4.31 Å². The molecule has 92 valence electrons. The number of aromatic amines is 1. The van der Waals surface area contributed by atoms with E-state index in [-0.39, 0.29) is 5.75 Å². The van der Waals surface area contributed by atoms with Gasteiger partial charge in [-0.05, 0) is 19.4 Å². The molecule has 3 N–H and O–H groups in total. The second-order valence-electron chi connectivity index (χ2n) is 3.67. The second kappa shape index (κ2) is 5.97. The van der Waals surface area contributed by atoms with Crippen LogP contribution in [0.1, 0.15) is 18.4 Å². The molecule has 1 aromatic heterocycles. The average Bonchev–Trinajstić information content (AvgIpc) is 2.70. The van der Waals surface area contributed by atoms with Crippen LogP contribution in [0.2, 0.25) is 0 Å². The van der Waals surface area contributed by atoms with Gasteiger partial charge in [-0.15, -0.1) is 0 Å². The minimum Gasteiger partial charge on any atom is -0.330 e. The Morgan fingerprint density at radius 2 is 2.25 bits per heavy atom. The number of rotatable bonds is 7. The van der Waals surface area contributed by atoms with Crippen LogP contribution in [0, 0.1) is 0 Å². The number of aromatic nitrogens is 2. The molecule has 0 spiro atoms. The number of nitrogens with two attached hydrogens (primary N) is 1. The molecule has 0 aliphatic rings. The molecule has 0 unspecified atom stereocenters. The quantitative estimate of drug-likeness (QED) is 0.658. The topological polar surface area (TPSA) is 92.1 Å². The van der Waals surface area contributed by atoms with Crippen molar-refractivity contribution < 1.29 is 8.42 Å². The fourth-order valence-corrected chi connectivity index (χ4v) is 2.53. The summed E-state index contributed by atoms with van der Waals surface area (Å²) in [5.41, 5.74) is 6.17. The van der Waals surface area contributed by atoms with Crippen LogP contribution in [-0.2, 0) is 16.6 Å². The Labute approximate surface area is 95.9 Å². The van der Waals surface area contributed by atoms with Crippen LogP contribution in [0.4, 0.5) is 0 Å². The van der Waals surface area contributed by atoms with Crippen LogP contribution < -0.4 is 5.73 Å². The Morgan fingerprint density at radius 3 is 2.81 bits per heavy atom. The number of unbranched alkanes of at least 4 members (excludes halogenated alkanes) is 1. The summed E-state index contributed by atoms with van der Waals surface area (Å²) in [4.78, 5) is 0. The van der Waals surface area contributed by atoms with E-state index in [0.717, 1.165) is 12.0 Å². The molecular weight excluding hydrogens is 228 g/mol. The van der Waals surface area contributed by atoms with E-state index in [1.54, 1.807) is 19.4 Å². The summed E-state index contributed by atoms with van der Waals surface area (Å²) in [5, 5.41) is 6.42. The van der Waals surface area contributed by atoms with Gasteiger partial charge in [-0.3, -0.25) is 5.10 Å². The van der Waals surface area contributed by atoms with Crippen molar-refractivity contribution in [1.29, 1.82) is 0 Å². The number of sulfonamides is 1. The first kappa shape index (κ1) is 13.1. The summed E-state index contributed by atoms with van der Waals surface area (Å²) in [6.45, 7) is 0.877. The predicted octanol–water partition coefficient (Wildman–Crippen LogP) is -0.0898. The molecular formula is C9H18N4O2S. The van der Waals surface area contributed by atoms with Crippen molar-refractivity contribution in [2.24, 2.45) is 5.73 Å². The third-order valence-corrected chi connectivity index (χ3v) is 4.17. The SMILES string of the molecule is CN(Cc1cn[nH]c1)S(=O)(=O)CCCCN. The molecule has 0 aromatic carbocycles. The van der Waals surface area contributed by atoms with Gasteiger partial charge in [0.25, 0.3) is 0 Å². The van der Waals surface area contributed by atoms with Crippen LogP contribution in [0.15, 0.2) is 12.4 Å². The van der Waals surface area contributed by atoms with Crippen molar-refractivity contribution in [2.75, 3.05) is 19.3 Å². The van der Waals surface area contributed by atoms with E-state index in [1.807, 2.05) is 0 Å². The molecule has 0 aliphatic carbocycles. The molecule has 6 nitrogen and oxygen atoms in total. The zero-order chi connectivity index (χ0) is 12.0. The van der Waals surface area contributed by atoms with Crippen LogP contribution in [-0.4, -0.2) is 42.3 Å². The lowest BCUT2D eigenvalue weighted by molar-refractivity contribution is 0.465. The Balaban J connectivity index is 2.48. The van der Waals surface area contributed by atoms with Crippen LogP contribution in [0.5, 0.6) is 0 Å².